The Hall–Kier alpha value is -0.773. The summed E-state index contributed by atoms with van der Waals surface area (Å²) in [5.41, 5.74) is 1.67. The highest BCUT2D eigenvalue weighted by Gasteiger charge is 1.92. The van der Waals surface area contributed by atoms with E-state index in [-0.39, 0.29) is 5.76 Å². The lowest BCUT2D eigenvalue weighted by Crippen LogP contribution is -1.98. The van der Waals surface area contributed by atoms with Crippen LogP contribution in [0.15, 0.2) is 16.6 Å². The van der Waals surface area contributed by atoms with E-state index in [1.165, 1.54) is 6.21 Å². The molecule has 0 amide bonds. The minimum Gasteiger partial charge on any atom is -0.507 e. The number of hydrogen-bond donors (Lipinski definition) is 1. The largest absolute Gasteiger partial charge is 0.507 e. The van der Waals surface area contributed by atoms with Crippen LogP contribution in [0, 0.1) is 0 Å². The van der Waals surface area contributed by atoms with Gasteiger partial charge in [0.25, 0.3) is 9.76 Å². The number of allylic oxidation sites excluding steroid dienone is 1. The van der Waals surface area contributed by atoms with Gasteiger partial charge in [0.1, 0.15) is 12.0 Å². The van der Waals surface area contributed by atoms with Crippen molar-refractivity contribution >= 4 is 16.0 Å². The Balaban J connectivity index is 2.58. The fourth-order valence-electron chi connectivity index (χ4n) is 0.310. The van der Waals surface area contributed by atoms with Gasteiger partial charge in [-0.05, 0) is 5.70 Å². The quantitative estimate of drug-likeness (QED) is 0.432. The van der Waals surface area contributed by atoms with Gasteiger partial charge in [0.15, 0.2) is 0 Å². The summed E-state index contributed by atoms with van der Waals surface area (Å²) < 4.78 is 4.61. The Morgan fingerprint density at radius 2 is 2.71 bits per heavy atom. The Bertz CT molecular complexity index is 120. The van der Waals surface area contributed by atoms with Gasteiger partial charge in [-0.2, -0.15) is 0 Å². The fraction of sp³-hybridized carbons (Fsp3) is 0. The normalized spacial score (nSPS) is 21.4. The molecule has 1 rings (SSSR count). The molecule has 0 atom stereocenters. The predicted molar refractivity (Wildman–Crippen MR) is 28.8 cm³/mol. The van der Waals surface area contributed by atoms with Gasteiger partial charge >= 0.3 is 0 Å². The molecule has 7 heavy (non-hydrogen) atoms. The molecule has 0 aromatic rings. The average Bonchev–Trinajstić information content (AvgIpc) is 1.69. The smallest absolute Gasteiger partial charge is 0.285 e. The molecule has 4 heteroatoms. The highest BCUT2D eigenvalue weighted by atomic mass is 28.2. The highest BCUT2D eigenvalue weighted by Crippen LogP contribution is 1.88. The van der Waals surface area contributed by atoms with Crippen LogP contribution in [0.3, 0.4) is 0 Å². The summed E-state index contributed by atoms with van der Waals surface area (Å²) in [4.78, 5) is 0. The van der Waals surface area contributed by atoms with Crippen molar-refractivity contribution in [2.45, 2.75) is 0 Å². The Labute approximate surface area is 43.2 Å². The predicted octanol–water partition coefficient (Wildman–Crippen LogP) is -0.514. The molecule has 0 unspecified atom stereocenters. The van der Waals surface area contributed by atoms with E-state index in [1.807, 2.05) is 0 Å². The Morgan fingerprint density at radius 3 is 3.00 bits per heavy atom. The molecule has 0 radical (unpaired) electrons. The van der Waals surface area contributed by atoms with Crippen LogP contribution < -0.4 is 0 Å². The van der Waals surface area contributed by atoms with Crippen molar-refractivity contribution in [3.05, 3.63) is 11.5 Å². The van der Waals surface area contributed by atoms with E-state index in [4.69, 9.17) is 5.11 Å². The van der Waals surface area contributed by atoms with E-state index in [2.05, 4.69) is 9.68 Å². The molecule has 1 N–H and O–H groups in total. The van der Waals surface area contributed by atoms with Gasteiger partial charge in [0.05, 0.1) is 0 Å². The standard InChI is InChI=1S/C3H5NO2Si/c5-3-1-4-6-7-2-3/h1-2,5H,7H2. The molecule has 0 aromatic heterocycles. The molecule has 1 aliphatic heterocycles. The molecular weight excluding hydrogens is 110 g/mol. The van der Waals surface area contributed by atoms with Crippen LogP contribution in [-0.4, -0.2) is 21.1 Å². The second-order valence-corrected chi connectivity index (χ2v) is 2.16. The molecule has 0 saturated carbocycles. The SMILES string of the molecule is OC1=C[SiH2]ON=C1. The van der Waals surface area contributed by atoms with Gasteiger partial charge in [0, 0.05) is 0 Å². The number of oxime groups is 1. The lowest BCUT2D eigenvalue weighted by Gasteiger charge is -1.97. The molecule has 0 aromatic carbocycles. The minimum atomic E-state index is -0.649. The minimum absolute atomic E-state index is 0.234. The molecule has 38 valence electrons. The third-order valence-corrected chi connectivity index (χ3v) is 1.51. The topological polar surface area (TPSA) is 41.8 Å². The van der Waals surface area contributed by atoms with E-state index >= 15 is 0 Å². The van der Waals surface area contributed by atoms with Crippen LogP contribution in [0.1, 0.15) is 0 Å². The number of aliphatic hydroxyl groups excluding tert-OH is 1. The molecule has 0 fully saturated rings. The van der Waals surface area contributed by atoms with Crippen molar-refractivity contribution in [1.82, 2.24) is 0 Å². The van der Waals surface area contributed by atoms with Crippen LogP contribution >= 0.6 is 0 Å². The molecule has 0 saturated heterocycles. The van der Waals surface area contributed by atoms with E-state index < -0.39 is 9.76 Å². The number of rotatable bonds is 0. The number of aliphatic hydroxyl groups is 1. The average molecular weight is 115 g/mol. The second-order valence-electron chi connectivity index (χ2n) is 1.16. The zero-order valence-electron chi connectivity index (χ0n) is 3.66. The maximum absolute atomic E-state index is 8.58. The highest BCUT2D eigenvalue weighted by molar-refractivity contribution is 6.35. The first-order chi connectivity index (χ1) is 3.39. The Morgan fingerprint density at radius 1 is 1.86 bits per heavy atom. The molecule has 1 aliphatic rings. The van der Waals surface area contributed by atoms with E-state index in [1.54, 1.807) is 5.70 Å². The number of nitrogens with zero attached hydrogens (tertiary/aromatic N) is 1. The van der Waals surface area contributed by atoms with Crippen LogP contribution in [0.25, 0.3) is 0 Å². The maximum atomic E-state index is 8.58. The monoisotopic (exact) mass is 115 g/mol. The first kappa shape index (κ1) is 4.39. The van der Waals surface area contributed by atoms with E-state index in [9.17, 15) is 0 Å². The van der Waals surface area contributed by atoms with Gasteiger partial charge < -0.3 is 9.63 Å². The van der Waals surface area contributed by atoms with Gasteiger partial charge in [-0.25, -0.2) is 0 Å². The van der Waals surface area contributed by atoms with Crippen molar-refractivity contribution in [2.24, 2.45) is 5.16 Å². The molecule has 0 aliphatic carbocycles. The number of hydrogen-bond acceptors (Lipinski definition) is 3. The third kappa shape index (κ3) is 1.04. The lowest BCUT2D eigenvalue weighted by atomic mass is 10.6. The maximum Gasteiger partial charge on any atom is 0.285 e. The van der Waals surface area contributed by atoms with Gasteiger partial charge in [0.2, 0.25) is 0 Å². The van der Waals surface area contributed by atoms with Crippen molar-refractivity contribution in [3.8, 4) is 0 Å². The molecule has 1 heterocycles. The lowest BCUT2D eigenvalue weighted by molar-refractivity contribution is 0.356. The first-order valence-corrected chi connectivity index (χ1v) is 3.33. The molecule has 3 nitrogen and oxygen atoms in total. The summed E-state index contributed by atoms with van der Waals surface area (Å²) in [6.45, 7) is 0. The van der Waals surface area contributed by atoms with Crippen molar-refractivity contribution in [2.75, 3.05) is 0 Å². The van der Waals surface area contributed by atoms with E-state index in [0.29, 0.717) is 0 Å². The first-order valence-electron chi connectivity index (χ1n) is 1.94. The van der Waals surface area contributed by atoms with Crippen molar-refractivity contribution in [1.29, 1.82) is 0 Å². The van der Waals surface area contributed by atoms with Crippen LogP contribution in [0.4, 0.5) is 0 Å². The van der Waals surface area contributed by atoms with E-state index in [0.717, 1.165) is 0 Å². The zero-order valence-corrected chi connectivity index (χ0v) is 5.08. The fourth-order valence-corrected chi connectivity index (χ4v) is 0.821. The molecule has 0 bridgehead atoms. The van der Waals surface area contributed by atoms with Gasteiger partial charge in [-0.1, -0.05) is 0 Å². The summed E-state index contributed by atoms with van der Waals surface area (Å²) in [7, 11) is -0.649. The Kier molecular flexibility index (Phi) is 1.12. The van der Waals surface area contributed by atoms with Crippen LogP contribution in [0.5, 0.6) is 0 Å². The summed E-state index contributed by atoms with van der Waals surface area (Å²) in [6, 6.07) is 0. The van der Waals surface area contributed by atoms with Crippen molar-refractivity contribution in [3.63, 3.8) is 0 Å². The molecular formula is C3H5NO2Si. The van der Waals surface area contributed by atoms with Gasteiger partial charge in [-0.3, -0.25) is 0 Å². The van der Waals surface area contributed by atoms with Crippen molar-refractivity contribution < 1.29 is 9.63 Å². The van der Waals surface area contributed by atoms with Gasteiger partial charge in [-0.15, -0.1) is 5.16 Å². The summed E-state index contributed by atoms with van der Waals surface area (Å²) in [5.74, 6) is 0.234. The summed E-state index contributed by atoms with van der Waals surface area (Å²) in [5, 5.41) is 12.0. The summed E-state index contributed by atoms with van der Waals surface area (Å²) >= 11 is 0. The second kappa shape index (κ2) is 1.79. The van der Waals surface area contributed by atoms with Crippen LogP contribution in [-0.2, 0) is 4.53 Å². The third-order valence-electron chi connectivity index (χ3n) is 0.627. The summed E-state index contributed by atoms with van der Waals surface area (Å²) in [6.07, 6.45) is 1.29. The zero-order chi connectivity index (χ0) is 5.11. The molecule has 0 spiro atoms. The van der Waals surface area contributed by atoms with Crippen LogP contribution in [0.2, 0.25) is 0 Å².